The molecule has 0 radical (unpaired) electrons. The van der Waals surface area contributed by atoms with E-state index >= 15 is 0 Å². The van der Waals surface area contributed by atoms with E-state index in [1.165, 1.54) is 22.8 Å². The number of nitrogens with zero attached hydrogens (tertiary/aromatic N) is 16. The summed E-state index contributed by atoms with van der Waals surface area (Å²) in [6, 6.07) is 32.9. The molecule has 0 saturated carbocycles. The highest BCUT2D eigenvalue weighted by atomic mass is 16.5. The molecule has 2 aliphatic rings. The van der Waals surface area contributed by atoms with Gasteiger partial charge in [-0.2, -0.15) is 5.26 Å². The van der Waals surface area contributed by atoms with E-state index in [0.29, 0.717) is 101 Å². The molecular weight excluding hydrogens is 1270 g/mol. The molecule has 12 aromatic rings. The molecule has 0 bridgehead atoms. The summed E-state index contributed by atoms with van der Waals surface area (Å²) in [5.41, 5.74) is 22.7. The van der Waals surface area contributed by atoms with E-state index in [1.807, 2.05) is 93.9 Å². The second-order valence-corrected chi connectivity index (χ2v) is 22.8. The van der Waals surface area contributed by atoms with Crippen LogP contribution in [0.15, 0.2) is 168 Å². The predicted octanol–water partition coefficient (Wildman–Crippen LogP) is 7.40. The van der Waals surface area contributed by atoms with Crippen LogP contribution in [0.25, 0.3) is 103 Å². The van der Waals surface area contributed by atoms with Crippen LogP contribution in [-0.2, 0) is 35.7 Å². The van der Waals surface area contributed by atoms with E-state index in [0.717, 1.165) is 59.3 Å². The minimum atomic E-state index is -0.257. The number of rotatable bonds is 19. The summed E-state index contributed by atoms with van der Waals surface area (Å²) >= 11 is 0. The van der Waals surface area contributed by atoms with Crippen molar-refractivity contribution in [2.45, 2.75) is 58.0 Å². The second-order valence-electron chi connectivity index (χ2n) is 22.8. The van der Waals surface area contributed by atoms with Crippen molar-refractivity contribution in [2.75, 3.05) is 66.1 Å². The van der Waals surface area contributed by atoms with Crippen molar-refractivity contribution in [2.24, 2.45) is 0 Å². The van der Waals surface area contributed by atoms with Crippen molar-refractivity contribution in [1.29, 1.82) is 5.26 Å². The standard InChI is InChI=1S/C24H25N7O4.C23H23N7O3.C22H19N7O2.H2/c1-26-10-14-3-5-17(19(9-14)33-2)23-29-30-24(35-23)21-22(25)27-11-18(28-21)15-4-6-20(32)31(12-15)16-7-8-34-13-16;1-25-10-14-2-4-15(5-3-14)22-28-29-23(33-22)20-21(24)26-11-18(27-20)16-6-7-19(31)30(12-16)17-8-9-32-13-17;1-14-20(22-28-27-21(31-22)16-5-3-15(4-6-16)11-24-2)26-18(12-25-14)17-7-8-19(30)29(13-17)10-9-23;/h3-6,9,11-12,16,26H,7-8,10,13H2,1-2H3,(H2,25,27);2-7,11-12,17,25H,8-10,13H2,1H3,(H2,24,26);3-8,12-13,24H,10-11H2,1-2H3;1H. The van der Waals surface area contributed by atoms with Gasteiger partial charge in [0.2, 0.25) is 11.8 Å². The molecule has 2 atom stereocenters. The van der Waals surface area contributed by atoms with Crippen molar-refractivity contribution in [3.8, 4) is 115 Å². The first-order chi connectivity index (χ1) is 48.3. The highest BCUT2D eigenvalue weighted by Crippen LogP contribution is 2.35. The second kappa shape index (κ2) is 30.7. The average Bonchev–Trinajstić information content (AvgIpc) is 1.52. The Bertz CT molecular complexity index is 5050. The third-order valence-corrected chi connectivity index (χ3v) is 16.1. The van der Waals surface area contributed by atoms with Crippen LogP contribution in [-0.4, -0.2) is 129 Å². The summed E-state index contributed by atoms with van der Waals surface area (Å²) in [5.74, 6) is 2.52. The fourth-order valence-electron chi connectivity index (χ4n) is 10.9. The van der Waals surface area contributed by atoms with Crippen LogP contribution in [0.3, 0.4) is 0 Å². The van der Waals surface area contributed by atoms with Crippen LogP contribution >= 0.6 is 0 Å². The molecule has 99 heavy (non-hydrogen) atoms. The first kappa shape index (κ1) is 66.9. The molecule has 11 heterocycles. The Labute approximate surface area is 566 Å². The number of nitrogens with two attached hydrogens (primary N) is 2. The maximum absolute atomic E-state index is 12.4. The molecule has 3 aromatic carbocycles. The van der Waals surface area contributed by atoms with Gasteiger partial charge in [0.15, 0.2) is 23.0 Å². The van der Waals surface area contributed by atoms with Gasteiger partial charge in [-0.1, -0.05) is 30.3 Å². The number of nitrogen functional groups attached to an aromatic ring is 2. The van der Waals surface area contributed by atoms with Crippen LogP contribution in [0.1, 0.15) is 48.7 Å². The van der Waals surface area contributed by atoms with E-state index < -0.39 is 0 Å². The molecule has 9 aromatic heterocycles. The number of hydrogen-bond donors (Lipinski definition) is 5. The van der Waals surface area contributed by atoms with E-state index in [9.17, 15) is 14.4 Å². The number of ether oxygens (including phenoxy) is 3. The molecule has 2 unspecified atom stereocenters. The number of methoxy groups -OCH3 is 1. The Morgan fingerprint density at radius 2 is 0.939 bits per heavy atom. The zero-order chi connectivity index (χ0) is 68.9. The third-order valence-electron chi connectivity index (χ3n) is 16.1. The lowest BCUT2D eigenvalue weighted by Crippen LogP contribution is -2.23. The number of hydrogen-bond acceptors (Lipinski definition) is 27. The monoisotopic (exact) mass is 1340 g/mol. The molecule has 2 saturated heterocycles. The highest BCUT2D eigenvalue weighted by Gasteiger charge is 2.25. The summed E-state index contributed by atoms with van der Waals surface area (Å²) in [6.45, 7) is 6.31. The van der Waals surface area contributed by atoms with Gasteiger partial charge in [-0.15, -0.1) is 30.6 Å². The molecule has 2 fully saturated rings. The molecule has 0 amide bonds. The Kier molecular flexibility index (Phi) is 20.8. The van der Waals surface area contributed by atoms with Crippen LogP contribution in [0.5, 0.6) is 5.75 Å². The number of aromatic nitrogens is 15. The molecule has 0 spiro atoms. The number of anilines is 2. The number of benzene rings is 3. The lowest BCUT2D eigenvalue weighted by molar-refractivity contribution is 0.186. The summed E-state index contributed by atoms with van der Waals surface area (Å²) in [4.78, 5) is 63.4. The normalized spacial score (nSPS) is 14.1. The van der Waals surface area contributed by atoms with E-state index in [1.54, 1.807) is 78.5 Å². The predicted molar refractivity (Wildman–Crippen MR) is 366 cm³/mol. The molecule has 14 rings (SSSR count). The largest absolute Gasteiger partial charge is 0.496 e. The van der Waals surface area contributed by atoms with Gasteiger partial charge in [-0.05, 0) is 112 Å². The number of pyridine rings is 3. The maximum Gasteiger partial charge on any atom is 0.270 e. The van der Waals surface area contributed by atoms with E-state index in [-0.39, 0.29) is 77.6 Å². The smallest absolute Gasteiger partial charge is 0.270 e. The molecule has 2 aliphatic heterocycles. The Hall–Kier alpha value is -12.1. The fourth-order valence-corrected chi connectivity index (χ4v) is 10.9. The zero-order valence-corrected chi connectivity index (χ0v) is 54.5. The van der Waals surface area contributed by atoms with E-state index in [2.05, 4.69) is 76.4 Å². The fraction of sp³-hybridized carbons (Fsp3) is 0.246. The number of nitriles is 1. The van der Waals surface area contributed by atoms with Gasteiger partial charge in [-0.25, -0.2) is 24.9 Å². The van der Waals surface area contributed by atoms with Gasteiger partial charge in [-0.3, -0.25) is 19.4 Å². The lowest BCUT2D eigenvalue weighted by atomic mass is 10.1. The first-order valence-electron chi connectivity index (χ1n) is 31.4. The molecule has 30 nitrogen and oxygen atoms in total. The zero-order valence-electron chi connectivity index (χ0n) is 54.5. The van der Waals surface area contributed by atoms with Crippen LogP contribution in [0, 0.1) is 18.3 Å². The Balaban J connectivity index is 0.000000151. The van der Waals surface area contributed by atoms with Crippen LogP contribution in [0.2, 0.25) is 0 Å². The summed E-state index contributed by atoms with van der Waals surface area (Å²) in [7, 11) is 7.26. The Morgan fingerprint density at radius 1 is 0.525 bits per heavy atom. The minimum Gasteiger partial charge on any atom is -0.496 e. The molecule has 504 valence electrons. The minimum absolute atomic E-state index is 0. The summed E-state index contributed by atoms with van der Waals surface area (Å²) in [5, 5.41) is 43.1. The molecule has 30 heteroatoms. The SMILES string of the molecule is CNCc1ccc(-c2nnc(-c3nc(-c4ccc(=O)n(C5CCOC5)c4)cnc3N)o2)c(OC)c1.CNCc1ccc(-c2nnc(-c3nc(-c4ccc(=O)n(C5CCOC5)c4)cnc3N)o2)cc1.CNCc1ccc(-c2nnc(-c3nc(-c4ccc(=O)n(CC#N)c4)cnc3C)o2)cc1.[HH]. The maximum atomic E-state index is 12.4. The van der Waals surface area contributed by atoms with Gasteiger partial charge >= 0.3 is 0 Å². The van der Waals surface area contributed by atoms with Crippen LogP contribution in [0.4, 0.5) is 11.6 Å². The van der Waals surface area contributed by atoms with Crippen LogP contribution < -0.4 is 48.8 Å². The van der Waals surface area contributed by atoms with Gasteiger partial charge in [0, 0.05) is 98.9 Å². The van der Waals surface area contributed by atoms with Crippen molar-refractivity contribution in [3.05, 3.63) is 194 Å². The molecule has 7 N–H and O–H groups in total. The van der Waals surface area contributed by atoms with Crippen molar-refractivity contribution < 1.29 is 28.9 Å². The van der Waals surface area contributed by atoms with Gasteiger partial charge in [0.25, 0.3) is 40.2 Å². The van der Waals surface area contributed by atoms with Gasteiger partial charge in [0.1, 0.15) is 18.0 Å². The summed E-state index contributed by atoms with van der Waals surface area (Å²) < 4.78 is 38.7. The van der Waals surface area contributed by atoms with Crippen molar-refractivity contribution >= 4 is 11.6 Å². The number of nitrogens with one attached hydrogen (secondary N) is 3. The van der Waals surface area contributed by atoms with Crippen molar-refractivity contribution in [1.82, 2.24) is 90.1 Å². The third kappa shape index (κ3) is 15.4. The number of aryl methyl sites for hydroxylation is 1. The first-order valence-corrected chi connectivity index (χ1v) is 31.4. The lowest BCUT2D eigenvalue weighted by Gasteiger charge is -2.13. The van der Waals surface area contributed by atoms with E-state index in [4.69, 9.17) is 44.2 Å². The quantitative estimate of drug-likeness (QED) is 0.0526. The topological polar surface area (TPSA) is 400 Å². The molecule has 0 aliphatic carbocycles. The summed E-state index contributed by atoms with van der Waals surface area (Å²) in [6.07, 6.45) is 11.4. The highest BCUT2D eigenvalue weighted by molar-refractivity contribution is 5.71. The Morgan fingerprint density at radius 3 is 1.41 bits per heavy atom. The average molecular weight is 1340 g/mol. The van der Waals surface area contributed by atoms with Gasteiger partial charge in [0.05, 0.1) is 85.4 Å². The molecular formula is C69H69N21O9. The van der Waals surface area contributed by atoms with Gasteiger partial charge < -0.3 is 68.6 Å². The van der Waals surface area contributed by atoms with Crippen molar-refractivity contribution in [3.63, 3.8) is 0 Å².